The number of piperidine rings is 1. The number of H-pyrrole nitrogens is 1. The standard InChI is InChI=1S/C34H32ClF4N7O3/c1-33(23-8-7-20(35)14-24(23)36)48-28-6-2-5-22(30(28)49-33)19-9-11-45(12-10-19)18-29-41-25-15-26(31-42-32(44-43-31)34(37,38)39)40-16-27(25)46(29)17-21-4-3-13-47-21/h2,5-8,14-16,19,21H,3-4,9-13,17-18H2,1H3,(H,42,43,44)/t21-,33-/m0/s1. The SMILES string of the molecule is C[C@]1(c2ccc(Cl)cc2F)Oc2cccc(C3CCN(Cc4nc5cc(-c6n[nH]c(C(F)(F)F)n6)ncc5n4C[C@@H]4CCCO4)CC3)c2O1. The average molecular weight is 698 g/mol. The van der Waals surface area contributed by atoms with Crippen molar-refractivity contribution in [2.45, 2.75) is 69.7 Å². The number of nitrogens with zero attached hydrogens (tertiary/aromatic N) is 6. The molecular weight excluding hydrogens is 666 g/mol. The minimum absolute atomic E-state index is 0.0401. The third-order valence-electron chi connectivity index (χ3n) is 9.53. The molecule has 0 radical (unpaired) electrons. The molecule has 5 aromatic rings. The third kappa shape index (κ3) is 6.10. The molecule has 2 aromatic carbocycles. The number of aromatic nitrogens is 6. The van der Waals surface area contributed by atoms with Gasteiger partial charge in [-0.2, -0.15) is 18.3 Å². The second kappa shape index (κ2) is 12.3. The summed E-state index contributed by atoms with van der Waals surface area (Å²) in [6.45, 7) is 5.18. The van der Waals surface area contributed by atoms with Crippen molar-refractivity contribution in [2.24, 2.45) is 0 Å². The summed E-state index contributed by atoms with van der Waals surface area (Å²) >= 11 is 5.98. The molecule has 3 aromatic heterocycles. The van der Waals surface area contributed by atoms with Crippen LogP contribution in [0.5, 0.6) is 11.5 Å². The number of aromatic amines is 1. The lowest BCUT2D eigenvalue weighted by Crippen LogP contribution is -2.34. The molecule has 2 atom stereocenters. The summed E-state index contributed by atoms with van der Waals surface area (Å²) in [6.07, 6.45) is 0.653. The van der Waals surface area contributed by atoms with E-state index in [2.05, 4.69) is 24.5 Å². The van der Waals surface area contributed by atoms with Crippen molar-refractivity contribution < 1.29 is 31.8 Å². The maximum Gasteiger partial charge on any atom is 0.451 e. The molecule has 0 amide bonds. The Morgan fingerprint density at radius 3 is 2.63 bits per heavy atom. The Labute approximate surface area is 283 Å². The maximum absolute atomic E-state index is 14.9. The fraction of sp³-hybridized carbons (Fsp3) is 0.412. The van der Waals surface area contributed by atoms with Gasteiger partial charge in [0.15, 0.2) is 17.3 Å². The van der Waals surface area contributed by atoms with E-state index in [0.717, 1.165) is 55.7 Å². The highest BCUT2D eigenvalue weighted by molar-refractivity contribution is 6.30. The van der Waals surface area contributed by atoms with E-state index >= 15 is 0 Å². The highest BCUT2D eigenvalue weighted by atomic mass is 35.5. The van der Waals surface area contributed by atoms with E-state index in [-0.39, 0.29) is 29.1 Å². The smallest absolute Gasteiger partial charge is 0.444 e. The number of nitrogens with one attached hydrogen (secondary N) is 1. The minimum atomic E-state index is -4.64. The lowest BCUT2D eigenvalue weighted by molar-refractivity contribution is -0.144. The van der Waals surface area contributed by atoms with Crippen molar-refractivity contribution in [3.8, 4) is 23.0 Å². The van der Waals surface area contributed by atoms with Crippen LogP contribution in [0.25, 0.3) is 22.6 Å². The van der Waals surface area contributed by atoms with Crippen LogP contribution < -0.4 is 9.47 Å². The van der Waals surface area contributed by atoms with Crippen LogP contribution in [0.15, 0.2) is 48.7 Å². The van der Waals surface area contributed by atoms with Crippen LogP contribution >= 0.6 is 11.6 Å². The Balaban J connectivity index is 1.01. The van der Waals surface area contributed by atoms with Crippen molar-refractivity contribution in [2.75, 3.05) is 19.7 Å². The van der Waals surface area contributed by atoms with Gasteiger partial charge in [0.05, 0.1) is 42.0 Å². The molecular formula is C34H32ClF4N7O3. The lowest BCUT2D eigenvalue weighted by atomic mass is 9.88. The zero-order chi connectivity index (χ0) is 33.9. The Morgan fingerprint density at radius 2 is 1.90 bits per heavy atom. The van der Waals surface area contributed by atoms with Crippen LogP contribution in [0.3, 0.4) is 0 Å². The van der Waals surface area contributed by atoms with Crippen molar-refractivity contribution in [1.82, 2.24) is 34.6 Å². The summed E-state index contributed by atoms with van der Waals surface area (Å²) in [5.74, 6) is -0.907. The van der Waals surface area contributed by atoms with Gasteiger partial charge in [-0.15, -0.1) is 0 Å². The summed E-state index contributed by atoms with van der Waals surface area (Å²) in [5.41, 5.74) is 2.87. The molecule has 0 unspecified atom stereocenters. The van der Waals surface area contributed by atoms with Gasteiger partial charge in [-0.3, -0.25) is 15.0 Å². The number of fused-ring (bicyclic) bond motifs is 2. The van der Waals surface area contributed by atoms with Crippen LogP contribution in [0, 0.1) is 5.82 Å². The Bertz CT molecular complexity index is 2020. The van der Waals surface area contributed by atoms with Crippen LogP contribution in [-0.2, 0) is 29.8 Å². The molecule has 10 nitrogen and oxygen atoms in total. The van der Waals surface area contributed by atoms with Crippen molar-refractivity contribution >= 4 is 22.6 Å². The maximum atomic E-state index is 14.9. The molecule has 0 bridgehead atoms. The number of rotatable bonds is 7. The molecule has 8 rings (SSSR count). The lowest BCUT2D eigenvalue weighted by Gasteiger charge is -2.32. The van der Waals surface area contributed by atoms with Gasteiger partial charge in [-0.1, -0.05) is 23.7 Å². The van der Waals surface area contributed by atoms with E-state index in [0.29, 0.717) is 41.7 Å². The Morgan fingerprint density at radius 1 is 1.06 bits per heavy atom. The van der Waals surface area contributed by atoms with Crippen LogP contribution in [0.2, 0.25) is 5.02 Å². The summed E-state index contributed by atoms with van der Waals surface area (Å²) in [6, 6.07) is 11.9. The number of imidazole rings is 1. The number of benzene rings is 2. The summed E-state index contributed by atoms with van der Waals surface area (Å²) in [7, 11) is 0. The number of likely N-dealkylation sites (tertiary alicyclic amines) is 1. The second-order valence-electron chi connectivity index (χ2n) is 12.8. The molecule has 49 heavy (non-hydrogen) atoms. The first-order chi connectivity index (χ1) is 23.5. The molecule has 1 N–H and O–H groups in total. The normalized spacial score (nSPS) is 21.6. The van der Waals surface area contributed by atoms with E-state index in [9.17, 15) is 17.6 Å². The van der Waals surface area contributed by atoms with E-state index < -0.39 is 23.6 Å². The van der Waals surface area contributed by atoms with Crippen LogP contribution in [0.4, 0.5) is 17.6 Å². The molecule has 256 valence electrons. The molecule has 15 heteroatoms. The van der Waals surface area contributed by atoms with Gasteiger partial charge in [0.2, 0.25) is 5.82 Å². The molecule has 0 spiro atoms. The zero-order valence-electron chi connectivity index (χ0n) is 26.4. The summed E-state index contributed by atoms with van der Waals surface area (Å²) in [4.78, 5) is 15.3. The molecule has 3 aliphatic heterocycles. The quantitative estimate of drug-likeness (QED) is 0.178. The highest BCUT2D eigenvalue weighted by Gasteiger charge is 2.43. The van der Waals surface area contributed by atoms with Gasteiger partial charge in [-0.05, 0) is 75.0 Å². The number of hydrogen-bond donors (Lipinski definition) is 1. The Hall–Kier alpha value is -4.27. The van der Waals surface area contributed by atoms with Crippen molar-refractivity contribution in [3.63, 3.8) is 0 Å². The summed E-state index contributed by atoms with van der Waals surface area (Å²) < 4.78 is 74.9. The molecule has 2 saturated heterocycles. The zero-order valence-corrected chi connectivity index (χ0v) is 27.2. The first-order valence-electron chi connectivity index (χ1n) is 16.2. The molecule has 3 aliphatic rings. The average Bonchev–Trinajstić information content (AvgIpc) is 3.88. The second-order valence-corrected chi connectivity index (χ2v) is 13.3. The first kappa shape index (κ1) is 32.0. The molecule has 2 fully saturated rings. The predicted octanol–water partition coefficient (Wildman–Crippen LogP) is 7.23. The van der Waals surface area contributed by atoms with Crippen molar-refractivity contribution in [1.29, 1.82) is 0 Å². The van der Waals surface area contributed by atoms with E-state index in [1.165, 1.54) is 6.07 Å². The number of alkyl halides is 3. The minimum Gasteiger partial charge on any atom is -0.444 e. The first-order valence-corrected chi connectivity index (χ1v) is 16.6. The van der Waals surface area contributed by atoms with Gasteiger partial charge >= 0.3 is 6.18 Å². The fourth-order valence-electron chi connectivity index (χ4n) is 7.05. The Kier molecular flexibility index (Phi) is 7.99. The van der Waals surface area contributed by atoms with E-state index in [1.54, 1.807) is 31.3 Å². The highest BCUT2D eigenvalue weighted by Crippen LogP contribution is 2.50. The van der Waals surface area contributed by atoms with Crippen LogP contribution in [0.1, 0.15) is 61.3 Å². The number of para-hydroxylation sites is 1. The number of ether oxygens (including phenoxy) is 3. The van der Waals surface area contributed by atoms with Gasteiger partial charge < -0.3 is 18.8 Å². The number of halogens is 5. The van der Waals surface area contributed by atoms with Gasteiger partial charge in [0.1, 0.15) is 17.3 Å². The predicted molar refractivity (Wildman–Crippen MR) is 171 cm³/mol. The van der Waals surface area contributed by atoms with Crippen LogP contribution in [-0.4, -0.2) is 60.4 Å². The fourth-order valence-corrected chi connectivity index (χ4v) is 7.21. The molecule has 0 aliphatic carbocycles. The van der Waals surface area contributed by atoms with Gasteiger partial charge in [0, 0.05) is 24.1 Å². The third-order valence-corrected chi connectivity index (χ3v) is 9.77. The monoisotopic (exact) mass is 697 g/mol. The molecule has 0 saturated carbocycles. The molecule has 6 heterocycles. The van der Waals surface area contributed by atoms with Gasteiger partial charge in [0.25, 0.3) is 5.79 Å². The topological polar surface area (TPSA) is 103 Å². The number of pyridine rings is 1. The van der Waals surface area contributed by atoms with Gasteiger partial charge in [-0.25, -0.2) is 14.4 Å². The van der Waals surface area contributed by atoms with Crippen molar-refractivity contribution in [3.05, 3.63) is 82.3 Å². The van der Waals surface area contributed by atoms with E-state index in [4.69, 9.17) is 30.8 Å². The number of hydrogen-bond acceptors (Lipinski definition) is 8. The largest absolute Gasteiger partial charge is 0.451 e. The van der Waals surface area contributed by atoms with E-state index in [1.807, 2.05) is 23.3 Å². The summed E-state index contributed by atoms with van der Waals surface area (Å²) in [5, 5.41) is 5.97.